The molecule has 26 rings (SSSR count). The van der Waals surface area contributed by atoms with Crippen molar-refractivity contribution in [3.8, 4) is 55.6 Å². The van der Waals surface area contributed by atoms with E-state index in [1.807, 2.05) is 69.6 Å². The fraction of sp³-hybridized carbons (Fsp3) is 0. The lowest BCUT2D eigenvalue weighted by atomic mass is 10.0. The molecule has 608 valence electrons. The Labute approximate surface area is 761 Å². The number of anilines is 9. The van der Waals surface area contributed by atoms with Gasteiger partial charge in [0.15, 0.2) is 0 Å². The van der Waals surface area contributed by atoms with Gasteiger partial charge in [-0.25, -0.2) is 0 Å². The van der Waals surface area contributed by atoms with Gasteiger partial charge >= 0.3 is 0 Å². The van der Waals surface area contributed by atoms with Crippen molar-refractivity contribution >= 4 is 221 Å². The highest BCUT2D eigenvalue weighted by Crippen LogP contribution is 2.48. The normalized spacial score (nSPS) is 11.6. The Hall–Kier alpha value is -15.7. The van der Waals surface area contributed by atoms with Crippen LogP contribution in [0.2, 0.25) is 0 Å². The van der Waals surface area contributed by atoms with Crippen LogP contribution in [0.25, 0.3) is 180 Å². The fourth-order valence-electron chi connectivity index (χ4n) is 18.5. The summed E-state index contributed by atoms with van der Waals surface area (Å²) in [5, 5.41) is 15.1. The molecule has 26 aromatic rings. The van der Waals surface area contributed by atoms with E-state index in [1.54, 1.807) is 0 Å². The van der Waals surface area contributed by atoms with E-state index in [0.29, 0.717) is 0 Å². The van der Waals surface area contributed by atoms with Crippen LogP contribution >= 0.6 is 45.3 Å². The molecule has 129 heavy (non-hydrogen) atoms. The van der Waals surface area contributed by atoms with Gasteiger partial charge in [-0.2, -0.15) is 0 Å². The van der Waals surface area contributed by atoms with E-state index in [0.717, 1.165) is 95.1 Å². The van der Waals surface area contributed by atoms with Crippen LogP contribution in [0.5, 0.6) is 0 Å². The Morgan fingerprint density at radius 1 is 0.124 bits per heavy atom. The first kappa shape index (κ1) is 76.9. The molecule has 20 aromatic carbocycles. The van der Waals surface area contributed by atoms with Crippen LogP contribution in [0, 0.1) is 0 Å². The average Bonchev–Trinajstić information content (AvgIpc) is 1.68. The molecule has 0 unspecified atom stereocenters. The third-order valence-electron chi connectivity index (χ3n) is 24.8. The second kappa shape index (κ2) is 33.0. The number of nitrogens with zero attached hydrogens (tertiary/aromatic N) is 3. The third-order valence-corrected chi connectivity index (χ3v) is 29.4. The number of fused-ring (bicyclic) bond motifs is 18. The summed E-state index contributed by atoms with van der Waals surface area (Å²) in [7, 11) is 0. The largest absolute Gasteiger partial charge is 0.456 e. The Bertz CT molecular complexity index is 8320. The minimum Gasteiger partial charge on any atom is -0.456 e. The van der Waals surface area contributed by atoms with Crippen LogP contribution in [0.4, 0.5) is 51.2 Å². The molecular weight excluding hydrogens is 1640 g/mol. The highest BCUT2D eigenvalue weighted by molar-refractivity contribution is 7.27. The predicted octanol–water partition coefficient (Wildman–Crippen LogP) is 37.1. The Kier molecular flexibility index (Phi) is 19.7. The maximum absolute atomic E-state index is 6.16. The molecule has 0 fully saturated rings. The van der Waals surface area contributed by atoms with Crippen LogP contribution in [0.1, 0.15) is 0 Å². The van der Waals surface area contributed by atoms with Gasteiger partial charge in [-0.05, 0) is 256 Å². The Morgan fingerprint density at radius 2 is 0.326 bits per heavy atom. The van der Waals surface area contributed by atoms with Gasteiger partial charge in [0.1, 0.15) is 22.3 Å². The van der Waals surface area contributed by atoms with Crippen molar-refractivity contribution < 1.29 is 8.83 Å². The van der Waals surface area contributed by atoms with Gasteiger partial charge in [0.05, 0.1) is 0 Å². The van der Waals surface area contributed by atoms with Gasteiger partial charge in [0.2, 0.25) is 0 Å². The molecule has 0 spiro atoms. The fourth-order valence-corrected chi connectivity index (χ4v) is 22.8. The molecule has 0 aliphatic heterocycles. The van der Waals surface area contributed by atoms with Gasteiger partial charge in [0, 0.05) is 153 Å². The summed E-state index contributed by atoms with van der Waals surface area (Å²) < 4.78 is 22.8. The topological polar surface area (TPSA) is 36.0 Å². The Morgan fingerprint density at radius 3 is 0.682 bits per heavy atom. The molecule has 6 heterocycles. The molecule has 0 saturated carbocycles. The van der Waals surface area contributed by atoms with Crippen molar-refractivity contribution in [1.82, 2.24) is 0 Å². The summed E-state index contributed by atoms with van der Waals surface area (Å²) in [4.78, 5) is 7.04. The minimum absolute atomic E-state index is 0.894. The van der Waals surface area contributed by atoms with Crippen molar-refractivity contribution in [3.05, 3.63) is 467 Å². The van der Waals surface area contributed by atoms with Gasteiger partial charge in [0.25, 0.3) is 0 Å². The number of benzene rings is 20. The molecule has 0 bridgehead atoms. The first-order chi connectivity index (χ1) is 63.9. The quantitative estimate of drug-likeness (QED) is 0.108. The van der Waals surface area contributed by atoms with E-state index in [-0.39, 0.29) is 0 Å². The summed E-state index contributed by atoms with van der Waals surface area (Å²) >= 11 is 7.42. The zero-order chi connectivity index (χ0) is 85.2. The molecule has 5 nitrogen and oxygen atoms in total. The molecule has 0 N–H and O–H groups in total. The van der Waals surface area contributed by atoms with E-state index in [1.165, 1.54) is 136 Å². The summed E-state index contributed by atoms with van der Waals surface area (Å²) in [5.41, 5.74) is 25.8. The lowest BCUT2D eigenvalue weighted by Crippen LogP contribution is -2.09. The number of para-hydroxylation sites is 3. The standard InChI is InChI=1S/C42H27NOS.C42H27NS2.C36H23NOS/c1-2-8-28(9-3-1)29-14-19-32(20-15-29)43(34-23-24-40-37(27-34)35-10-4-6-12-39(35)44-40)33-21-16-30(17-22-33)31-18-25-42-38(26-31)36-11-5-7-13-41(36)45-42;1-2-8-28(9-3-1)29-14-19-32(20-15-29)43(34-23-25-42-38(27-34)36-11-5-7-13-40(36)45-42)33-21-16-30(17-22-33)31-18-24-41-37(26-31)35-10-4-6-12-39(35)44-41;1-2-8-26(9-3-1)37(28-19-21-36-32(23-28)30-11-5-7-13-35(30)39-36)27-17-14-24(15-18-27)25-16-20-34-31(22-25)29-10-4-6-12-33(29)38-34/h2*1-27H;1-23H. The van der Waals surface area contributed by atoms with Crippen molar-refractivity contribution in [2.45, 2.75) is 0 Å². The molecule has 0 aliphatic rings. The highest BCUT2D eigenvalue weighted by Gasteiger charge is 2.22. The van der Waals surface area contributed by atoms with Crippen LogP contribution in [-0.4, -0.2) is 0 Å². The first-order valence-corrected chi connectivity index (χ1v) is 46.7. The molecule has 6 aromatic heterocycles. The average molecular weight is 1720 g/mol. The Balaban J connectivity index is 0.000000108. The number of hydrogen-bond donors (Lipinski definition) is 0. The van der Waals surface area contributed by atoms with E-state index in [4.69, 9.17) is 8.83 Å². The minimum atomic E-state index is 0.894. The zero-order valence-corrected chi connectivity index (χ0v) is 73.0. The maximum Gasteiger partial charge on any atom is 0.135 e. The van der Waals surface area contributed by atoms with Crippen LogP contribution in [-0.2, 0) is 0 Å². The van der Waals surface area contributed by atoms with Gasteiger partial charge in [-0.15, -0.1) is 45.3 Å². The van der Waals surface area contributed by atoms with E-state index in [9.17, 15) is 0 Å². The maximum atomic E-state index is 6.16. The smallest absolute Gasteiger partial charge is 0.135 e. The molecular formula is C120H77N3O2S4. The predicted molar refractivity (Wildman–Crippen MR) is 557 cm³/mol. The molecule has 0 aliphatic carbocycles. The molecule has 0 amide bonds. The number of furan rings is 2. The number of thiophene rings is 4. The van der Waals surface area contributed by atoms with Crippen molar-refractivity contribution in [1.29, 1.82) is 0 Å². The van der Waals surface area contributed by atoms with Crippen LogP contribution in [0.15, 0.2) is 476 Å². The zero-order valence-electron chi connectivity index (χ0n) is 69.7. The van der Waals surface area contributed by atoms with Crippen molar-refractivity contribution in [2.75, 3.05) is 14.7 Å². The van der Waals surface area contributed by atoms with Crippen LogP contribution < -0.4 is 14.7 Å². The lowest BCUT2D eigenvalue weighted by molar-refractivity contribution is 0.668. The molecule has 0 atom stereocenters. The summed E-state index contributed by atoms with van der Waals surface area (Å²) in [6, 6.07) is 168. The van der Waals surface area contributed by atoms with Crippen molar-refractivity contribution in [3.63, 3.8) is 0 Å². The van der Waals surface area contributed by atoms with Gasteiger partial charge in [-0.1, -0.05) is 267 Å². The van der Waals surface area contributed by atoms with E-state index >= 15 is 0 Å². The van der Waals surface area contributed by atoms with E-state index in [2.05, 4.69) is 458 Å². The second-order valence-corrected chi connectivity index (χ2v) is 36.9. The summed E-state index contributed by atoms with van der Waals surface area (Å²) in [6.07, 6.45) is 0. The molecule has 0 saturated heterocycles. The van der Waals surface area contributed by atoms with Crippen LogP contribution in [0.3, 0.4) is 0 Å². The summed E-state index contributed by atoms with van der Waals surface area (Å²) in [5.74, 6) is 0. The summed E-state index contributed by atoms with van der Waals surface area (Å²) in [6.45, 7) is 0. The second-order valence-electron chi connectivity index (χ2n) is 32.6. The molecule has 9 heteroatoms. The SMILES string of the molecule is c1ccc(-c2ccc(N(c3ccc(-c4ccc5sc6ccccc6c5c4)cc3)c3ccc4oc5ccccc5c4c3)cc2)cc1.c1ccc(-c2ccc(N(c3ccc(-c4ccc5sc6ccccc6c5c4)cc3)c3ccc4sc5ccccc5c4c3)cc2)cc1.c1ccc(N(c2ccc(-c3ccc4oc5ccccc5c4c3)cc2)c2ccc3sc4ccccc4c3c2)cc1. The van der Waals surface area contributed by atoms with E-state index < -0.39 is 0 Å². The van der Waals surface area contributed by atoms with Gasteiger partial charge in [-0.3, -0.25) is 0 Å². The monoisotopic (exact) mass is 1720 g/mol. The third kappa shape index (κ3) is 14.6. The first-order valence-electron chi connectivity index (χ1n) is 43.4. The number of hydrogen-bond acceptors (Lipinski definition) is 9. The van der Waals surface area contributed by atoms with Gasteiger partial charge < -0.3 is 23.5 Å². The molecule has 0 radical (unpaired) electrons. The highest BCUT2D eigenvalue weighted by atomic mass is 32.1. The lowest BCUT2D eigenvalue weighted by Gasteiger charge is -2.26. The van der Waals surface area contributed by atoms with Crippen molar-refractivity contribution in [2.24, 2.45) is 0 Å². The number of rotatable bonds is 14.